The summed E-state index contributed by atoms with van der Waals surface area (Å²) in [5, 5.41) is 0. The first kappa shape index (κ1) is 14.3. The Morgan fingerprint density at radius 2 is 1.79 bits per heavy atom. The van der Waals surface area contributed by atoms with E-state index in [-0.39, 0.29) is 11.8 Å². The van der Waals surface area contributed by atoms with Gasteiger partial charge in [0.25, 0.3) is 5.91 Å². The van der Waals surface area contributed by atoms with Crippen LogP contribution in [-0.4, -0.2) is 29.7 Å². The number of ketones is 1. The van der Waals surface area contributed by atoms with Crippen molar-refractivity contribution in [1.82, 2.24) is 4.90 Å². The number of nitrogens with zero attached hydrogens (tertiary/aromatic N) is 1. The largest absolute Gasteiger partial charge is 0.339 e. The molecule has 1 aromatic rings. The molecule has 0 N–H and O–H groups in total. The fourth-order valence-electron chi connectivity index (χ4n) is 2.47. The van der Waals surface area contributed by atoms with Gasteiger partial charge in [-0.3, -0.25) is 9.59 Å². The molecule has 19 heavy (non-hydrogen) atoms. The lowest BCUT2D eigenvalue weighted by Gasteiger charge is -2.31. The van der Waals surface area contributed by atoms with E-state index in [2.05, 4.69) is 15.9 Å². The molecule has 1 amide bonds. The van der Waals surface area contributed by atoms with Crippen LogP contribution in [0.1, 0.15) is 36.5 Å². The number of amides is 1. The second-order valence-corrected chi connectivity index (χ2v) is 5.81. The first-order chi connectivity index (χ1) is 9.11. The van der Waals surface area contributed by atoms with Gasteiger partial charge in [-0.15, -0.1) is 0 Å². The first-order valence-corrected chi connectivity index (χ1v) is 7.48. The molecule has 0 aliphatic carbocycles. The number of Topliss-reactive ketones (excluding diaryl/α,β-unsaturated/α-hetero) is 1. The normalized spacial score (nSPS) is 16.4. The maximum absolute atomic E-state index is 12.3. The highest BCUT2D eigenvalue weighted by Crippen LogP contribution is 2.21. The van der Waals surface area contributed by atoms with Crippen LogP contribution in [0.15, 0.2) is 28.7 Å². The Labute approximate surface area is 122 Å². The van der Waals surface area contributed by atoms with E-state index in [0.717, 1.165) is 17.3 Å². The van der Waals surface area contributed by atoms with E-state index >= 15 is 0 Å². The number of piperidine rings is 1. The molecule has 1 heterocycles. The van der Waals surface area contributed by atoms with E-state index in [1.807, 2.05) is 36.1 Å². The number of benzene rings is 1. The average Bonchev–Trinajstić information content (AvgIpc) is 2.46. The van der Waals surface area contributed by atoms with Gasteiger partial charge >= 0.3 is 0 Å². The lowest BCUT2D eigenvalue weighted by Crippen LogP contribution is -2.40. The van der Waals surface area contributed by atoms with E-state index < -0.39 is 0 Å². The highest BCUT2D eigenvalue weighted by molar-refractivity contribution is 9.10. The fraction of sp³-hybridized carbons (Fsp3) is 0.467. The molecule has 102 valence electrons. The Hall–Kier alpha value is -1.16. The van der Waals surface area contributed by atoms with E-state index in [4.69, 9.17) is 0 Å². The zero-order valence-corrected chi connectivity index (χ0v) is 12.6. The summed E-state index contributed by atoms with van der Waals surface area (Å²) < 4.78 is 0.969. The van der Waals surface area contributed by atoms with Crippen molar-refractivity contribution < 1.29 is 9.59 Å². The predicted octanol–water partition coefficient (Wildman–Crippen LogP) is 3.28. The van der Waals surface area contributed by atoms with Crippen LogP contribution in [0.5, 0.6) is 0 Å². The maximum Gasteiger partial charge on any atom is 0.253 e. The summed E-state index contributed by atoms with van der Waals surface area (Å²) in [5.74, 6) is 0.546. The van der Waals surface area contributed by atoms with Crippen molar-refractivity contribution in [2.24, 2.45) is 5.92 Å². The molecule has 1 fully saturated rings. The Kier molecular flexibility index (Phi) is 4.75. The predicted molar refractivity (Wildman–Crippen MR) is 78.1 cm³/mol. The second-order valence-electron chi connectivity index (χ2n) is 4.89. The minimum atomic E-state index is 0.0647. The van der Waals surface area contributed by atoms with Gasteiger partial charge in [0.1, 0.15) is 5.78 Å². The molecule has 0 aromatic heterocycles. The van der Waals surface area contributed by atoms with E-state index in [0.29, 0.717) is 30.9 Å². The molecule has 3 nitrogen and oxygen atoms in total. The summed E-state index contributed by atoms with van der Waals surface area (Å²) in [5.41, 5.74) is 0.712. The van der Waals surface area contributed by atoms with Gasteiger partial charge in [0, 0.05) is 35.5 Å². The van der Waals surface area contributed by atoms with Crippen LogP contribution in [0.3, 0.4) is 0 Å². The minimum absolute atomic E-state index is 0.0647. The number of carbonyl (C=O) groups is 2. The average molecular weight is 324 g/mol. The highest BCUT2D eigenvalue weighted by Gasteiger charge is 2.26. The standard InChI is InChI=1S/C15H18BrNO2/c1-2-14(18)11-7-9-17(10-8-11)15(19)12-3-5-13(16)6-4-12/h3-6,11H,2,7-10H2,1H3. The molecule has 0 unspecified atom stereocenters. The van der Waals surface area contributed by atoms with Crippen LogP contribution in [0, 0.1) is 5.92 Å². The van der Waals surface area contributed by atoms with E-state index in [1.54, 1.807) is 0 Å². The second kappa shape index (κ2) is 6.33. The molecular formula is C15H18BrNO2. The molecule has 0 spiro atoms. The van der Waals surface area contributed by atoms with E-state index in [9.17, 15) is 9.59 Å². The molecule has 0 radical (unpaired) electrons. The Bertz CT molecular complexity index is 462. The van der Waals surface area contributed by atoms with Gasteiger partial charge in [0.15, 0.2) is 0 Å². The SMILES string of the molecule is CCC(=O)C1CCN(C(=O)c2ccc(Br)cc2)CC1. The summed E-state index contributed by atoms with van der Waals surface area (Å²) in [7, 11) is 0. The third-order valence-corrected chi connectivity index (χ3v) is 4.21. The van der Waals surface area contributed by atoms with Crippen molar-refractivity contribution in [2.75, 3.05) is 13.1 Å². The van der Waals surface area contributed by atoms with Gasteiger partial charge in [0.2, 0.25) is 0 Å². The summed E-state index contributed by atoms with van der Waals surface area (Å²) in [6.45, 7) is 3.28. The van der Waals surface area contributed by atoms with E-state index in [1.165, 1.54) is 0 Å². The topological polar surface area (TPSA) is 37.4 Å². The molecule has 0 bridgehead atoms. The Morgan fingerprint density at radius 3 is 2.32 bits per heavy atom. The fourth-order valence-corrected chi connectivity index (χ4v) is 2.73. The molecule has 2 rings (SSSR count). The van der Waals surface area contributed by atoms with Crippen LogP contribution in [0.2, 0.25) is 0 Å². The number of hydrogen-bond acceptors (Lipinski definition) is 2. The molecule has 1 aliphatic rings. The van der Waals surface area contributed by atoms with Gasteiger partial charge in [0.05, 0.1) is 0 Å². The molecular weight excluding hydrogens is 306 g/mol. The van der Waals surface area contributed by atoms with Crippen LogP contribution < -0.4 is 0 Å². The number of carbonyl (C=O) groups excluding carboxylic acids is 2. The van der Waals surface area contributed by atoms with Crippen molar-refractivity contribution in [3.8, 4) is 0 Å². The van der Waals surface area contributed by atoms with Crippen LogP contribution in [0.4, 0.5) is 0 Å². The zero-order valence-electron chi connectivity index (χ0n) is 11.1. The third-order valence-electron chi connectivity index (χ3n) is 3.68. The smallest absolute Gasteiger partial charge is 0.253 e. The van der Waals surface area contributed by atoms with Crippen molar-refractivity contribution in [3.63, 3.8) is 0 Å². The van der Waals surface area contributed by atoms with Crippen molar-refractivity contribution in [1.29, 1.82) is 0 Å². The summed E-state index contributed by atoms with van der Waals surface area (Å²) in [6.07, 6.45) is 2.20. The van der Waals surface area contributed by atoms with Crippen molar-refractivity contribution >= 4 is 27.6 Å². The number of halogens is 1. The highest BCUT2D eigenvalue weighted by atomic mass is 79.9. The molecule has 1 aliphatic heterocycles. The maximum atomic E-state index is 12.3. The molecule has 0 saturated carbocycles. The summed E-state index contributed by atoms with van der Waals surface area (Å²) in [6, 6.07) is 7.41. The first-order valence-electron chi connectivity index (χ1n) is 6.69. The number of hydrogen-bond donors (Lipinski definition) is 0. The lowest BCUT2D eigenvalue weighted by molar-refractivity contribution is -0.123. The number of likely N-dealkylation sites (tertiary alicyclic amines) is 1. The third kappa shape index (κ3) is 3.44. The monoisotopic (exact) mass is 323 g/mol. The lowest BCUT2D eigenvalue weighted by atomic mass is 9.91. The summed E-state index contributed by atoms with van der Waals surface area (Å²) in [4.78, 5) is 25.8. The van der Waals surface area contributed by atoms with Gasteiger partial charge in [-0.2, -0.15) is 0 Å². The molecule has 0 atom stereocenters. The van der Waals surface area contributed by atoms with Gasteiger partial charge in [-0.1, -0.05) is 22.9 Å². The molecule has 1 saturated heterocycles. The minimum Gasteiger partial charge on any atom is -0.339 e. The Balaban J connectivity index is 1.96. The molecule has 4 heteroatoms. The van der Waals surface area contributed by atoms with Gasteiger partial charge in [-0.25, -0.2) is 0 Å². The molecule has 1 aromatic carbocycles. The summed E-state index contributed by atoms with van der Waals surface area (Å²) >= 11 is 3.36. The Morgan fingerprint density at radius 1 is 1.21 bits per heavy atom. The van der Waals surface area contributed by atoms with Gasteiger partial charge in [-0.05, 0) is 37.1 Å². The van der Waals surface area contributed by atoms with Crippen LogP contribution >= 0.6 is 15.9 Å². The number of rotatable bonds is 3. The van der Waals surface area contributed by atoms with Crippen molar-refractivity contribution in [3.05, 3.63) is 34.3 Å². The van der Waals surface area contributed by atoms with Gasteiger partial charge < -0.3 is 4.90 Å². The van der Waals surface area contributed by atoms with Crippen LogP contribution in [0.25, 0.3) is 0 Å². The quantitative estimate of drug-likeness (QED) is 0.856. The van der Waals surface area contributed by atoms with Crippen LogP contribution in [-0.2, 0) is 4.79 Å². The zero-order chi connectivity index (χ0) is 13.8. The van der Waals surface area contributed by atoms with Crippen molar-refractivity contribution in [2.45, 2.75) is 26.2 Å².